The predicted molar refractivity (Wildman–Crippen MR) is 89.2 cm³/mol. The van der Waals surface area contributed by atoms with Crippen molar-refractivity contribution in [2.24, 2.45) is 5.73 Å². The Labute approximate surface area is 128 Å². The van der Waals surface area contributed by atoms with E-state index in [0.717, 1.165) is 37.2 Å². The summed E-state index contributed by atoms with van der Waals surface area (Å²) in [4.78, 5) is 14.4. The monoisotopic (exact) mass is 291 g/mol. The number of nitrogens with zero attached hydrogens (tertiary/aromatic N) is 1. The Morgan fingerprint density at radius 2 is 2.00 bits per heavy atom. The molecule has 0 aliphatic heterocycles. The van der Waals surface area contributed by atoms with Crippen LogP contribution in [0.4, 0.5) is 5.69 Å². The van der Waals surface area contributed by atoms with E-state index in [-0.39, 0.29) is 5.91 Å². The number of nitrogens with one attached hydrogen (secondary N) is 1. The second kappa shape index (κ2) is 9.53. The van der Waals surface area contributed by atoms with Crippen molar-refractivity contribution >= 4 is 11.6 Å². The zero-order chi connectivity index (χ0) is 15.7. The average molecular weight is 291 g/mol. The van der Waals surface area contributed by atoms with Gasteiger partial charge in [-0.1, -0.05) is 25.1 Å². The molecule has 0 atom stereocenters. The Kier molecular flexibility index (Phi) is 8.01. The Bertz CT molecular complexity index is 432. The molecule has 1 aromatic rings. The summed E-state index contributed by atoms with van der Waals surface area (Å²) >= 11 is 0. The number of anilines is 1. The molecular weight excluding hydrogens is 262 g/mol. The first-order valence-electron chi connectivity index (χ1n) is 7.90. The number of para-hydroxylation sites is 1. The van der Waals surface area contributed by atoms with Gasteiger partial charge in [0, 0.05) is 24.7 Å². The van der Waals surface area contributed by atoms with E-state index in [1.807, 2.05) is 24.3 Å². The van der Waals surface area contributed by atoms with Gasteiger partial charge >= 0.3 is 0 Å². The van der Waals surface area contributed by atoms with Crippen molar-refractivity contribution in [1.82, 2.24) is 4.90 Å². The van der Waals surface area contributed by atoms with Gasteiger partial charge in [-0.05, 0) is 51.4 Å². The zero-order valence-electron chi connectivity index (χ0n) is 13.6. The fourth-order valence-corrected chi connectivity index (χ4v) is 2.39. The van der Waals surface area contributed by atoms with Gasteiger partial charge in [-0.15, -0.1) is 0 Å². The first-order chi connectivity index (χ1) is 10.1. The maximum absolute atomic E-state index is 12.0. The van der Waals surface area contributed by atoms with Crippen LogP contribution < -0.4 is 11.1 Å². The van der Waals surface area contributed by atoms with E-state index in [1.165, 1.54) is 0 Å². The number of hydrogen-bond acceptors (Lipinski definition) is 3. The highest BCUT2D eigenvalue weighted by Gasteiger charge is 2.10. The van der Waals surface area contributed by atoms with Gasteiger partial charge in [0.05, 0.1) is 0 Å². The fourth-order valence-electron chi connectivity index (χ4n) is 2.39. The van der Waals surface area contributed by atoms with Crippen LogP contribution in [0.15, 0.2) is 24.3 Å². The van der Waals surface area contributed by atoms with Crippen LogP contribution in [0.1, 0.15) is 45.6 Å². The standard InChI is InChI=1S/C17H29N3O/c1-4-11-20(14(2)3)12-7-10-17(21)19-16-9-6-5-8-15(16)13-18/h5-6,8-9,14H,4,7,10-13,18H2,1-3H3,(H,19,21). The number of amides is 1. The quantitative estimate of drug-likeness (QED) is 0.735. The first kappa shape index (κ1) is 17.7. The molecule has 3 N–H and O–H groups in total. The highest BCUT2D eigenvalue weighted by Crippen LogP contribution is 2.14. The van der Waals surface area contributed by atoms with Gasteiger partial charge in [-0.2, -0.15) is 0 Å². The zero-order valence-corrected chi connectivity index (χ0v) is 13.6. The topological polar surface area (TPSA) is 58.4 Å². The summed E-state index contributed by atoms with van der Waals surface area (Å²) in [6.45, 7) is 9.09. The molecule has 0 unspecified atom stereocenters. The molecular formula is C17H29N3O. The molecule has 118 valence electrons. The van der Waals surface area contributed by atoms with E-state index in [1.54, 1.807) is 0 Å². The molecule has 4 nitrogen and oxygen atoms in total. The lowest BCUT2D eigenvalue weighted by molar-refractivity contribution is -0.116. The minimum absolute atomic E-state index is 0.0658. The molecule has 1 rings (SSSR count). The van der Waals surface area contributed by atoms with Gasteiger partial charge in [-0.3, -0.25) is 4.79 Å². The number of carbonyl (C=O) groups excluding carboxylic acids is 1. The Balaban J connectivity index is 2.40. The summed E-state index contributed by atoms with van der Waals surface area (Å²) in [7, 11) is 0. The summed E-state index contributed by atoms with van der Waals surface area (Å²) in [6.07, 6.45) is 2.58. The second-order valence-corrected chi connectivity index (χ2v) is 5.64. The third-order valence-corrected chi connectivity index (χ3v) is 3.60. The SMILES string of the molecule is CCCN(CCCC(=O)Nc1ccccc1CN)C(C)C. The lowest BCUT2D eigenvalue weighted by Crippen LogP contribution is -2.33. The lowest BCUT2D eigenvalue weighted by atomic mass is 10.1. The summed E-state index contributed by atoms with van der Waals surface area (Å²) in [6, 6.07) is 8.22. The minimum atomic E-state index is 0.0658. The molecule has 0 bridgehead atoms. The number of hydrogen-bond donors (Lipinski definition) is 2. The van der Waals surface area contributed by atoms with Crippen LogP contribution in [0, 0.1) is 0 Å². The fraction of sp³-hybridized carbons (Fsp3) is 0.588. The van der Waals surface area contributed by atoms with Gasteiger partial charge < -0.3 is 16.0 Å². The van der Waals surface area contributed by atoms with Crippen molar-refractivity contribution in [2.75, 3.05) is 18.4 Å². The van der Waals surface area contributed by atoms with E-state index in [9.17, 15) is 4.79 Å². The number of benzene rings is 1. The van der Waals surface area contributed by atoms with Crippen molar-refractivity contribution in [1.29, 1.82) is 0 Å². The molecule has 0 saturated heterocycles. The summed E-state index contributed by atoms with van der Waals surface area (Å²) in [5.74, 6) is 0.0658. The molecule has 0 aliphatic carbocycles. The predicted octanol–water partition coefficient (Wildman–Crippen LogP) is 2.98. The molecule has 21 heavy (non-hydrogen) atoms. The van der Waals surface area contributed by atoms with Crippen molar-refractivity contribution < 1.29 is 4.79 Å². The summed E-state index contributed by atoms with van der Waals surface area (Å²) in [5.41, 5.74) is 7.48. The van der Waals surface area contributed by atoms with E-state index >= 15 is 0 Å². The van der Waals surface area contributed by atoms with Crippen LogP contribution in [0.5, 0.6) is 0 Å². The smallest absolute Gasteiger partial charge is 0.224 e. The lowest BCUT2D eigenvalue weighted by Gasteiger charge is -2.25. The van der Waals surface area contributed by atoms with E-state index in [2.05, 4.69) is 31.0 Å². The van der Waals surface area contributed by atoms with Gasteiger partial charge in [0.2, 0.25) is 5.91 Å². The Morgan fingerprint density at radius 3 is 2.62 bits per heavy atom. The molecule has 1 amide bonds. The highest BCUT2D eigenvalue weighted by atomic mass is 16.1. The number of carbonyl (C=O) groups is 1. The van der Waals surface area contributed by atoms with Crippen LogP contribution in [-0.2, 0) is 11.3 Å². The van der Waals surface area contributed by atoms with Gasteiger partial charge in [-0.25, -0.2) is 0 Å². The maximum atomic E-state index is 12.0. The van der Waals surface area contributed by atoms with Crippen LogP contribution in [0.3, 0.4) is 0 Å². The number of nitrogens with two attached hydrogens (primary N) is 1. The van der Waals surface area contributed by atoms with E-state index in [0.29, 0.717) is 19.0 Å². The molecule has 0 heterocycles. The largest absolute Gasteiger partial charge is 0.326 e. The molecule has 0 spiro atoms. The molecule has 0 saturated carbocycles. The van der Waals surface area contributed by atoms with Gasteiger partial charge in [0.1, 0.15) is 0 Å². The first-order valence-corrected chi connectivity index (χ1v) is 7.90. The molecule has 4 heteroatoms. The molecule has 1 aromatic carbocycles. The Hall–Kier alpha value is -1.39. The number of rotatable bonds is 9. The summed E-state index contributed by atoms with van der Waals surface area (Å²) < 4.78 is 0. The van der Waals surface area contributed by atoms with Crippen molar-refractivity contribution in [2.45, 2.75) is 52.6 Å². The van der Waals surface area contributed by atoms with Crippen molar-refractivity contribution in [3.8, 4) is 0 Å². The molecule has 0 aromatic heterocycles. The van der Waals surface area contributed by atoms with Crippen LogP contribution >= 0.6 is 0 Å². The van der Waals surface area contributed by atoms with E-state index in [4.69, 9.17) is 5.73 Å². The van der Waals surface area contributed by atoms with Crippen molar-refractivity contribution in [3.05, 3.63) is 29.8 Å². The second-order valence-electron chi connectivity index (χ2n) is 5.64. The van der Waals surface area contributed by atoms with Gasteiger partial charge in [0.15, 0.2) is 0 Å². The molecule has 0 radical (unpaired) electrons. The average Bonchev–Trinajstić information content (AvgIpc) is 2.46. The minimum Gasteiger partial charge on any atom is -0.326 e. The van der Waals surface area contributed by atoms with Crippen LogP contribution in [0.2, 0.25) is 0 Å². The van der Waals surface area contributed by atoms with Crippen LogP contribution in [0.25, 0.3) is 0 Å². The van der Waals surface area contributed by atoms with Gasteiger partial charge in [0.25, 0.3) is 0 Å². The highest BCUT2D eigenvalue weighted by molar-refractivity contribution is 5.91. The van der Waals surface area contributed by atoms with E-state index < -0.39 is 0 Å². The van der Waals surface area contributed by atoms with Crippen molar-refractivity contribution in [3.63, 3.8) is 0 Å². The third kappa shape index (κ3) is 6.27. The normalized spacial score (nSPS) is 11.1. The Morgan fingerprint density at radius 1 is 1.29 bits per heavy atom. The molecule has 0 fully saturated rings. The third-order valence-electron chi connectivity index (χ3n) is 3.60. The van der Waals surface area contributed by atoms with Crippen LogP contribution in [-0.4, -0.2) is 29.9 Å². The maximum Gasteiger partial charge on any atom is 0.224 e. The summed E-state index contributed by atoms with van der Waals surface area (Å²) in [5, 5.41) is 2.96. The molecule has 0 aliphatic rings.